The van der Waals surface area contributed by atoms with Crippen molar-refractivity contribution >= 4 is 5.97 Å². The summed E-state index contributed by atoms with van der Waals surface area (Å²) in [4.78, 5) is 12.2. The lowest BCUT2D eigenvalue weighted by Crippen LogP contribution is -2.59. The number of carbonyl (C=O) groups is 1. The van der Waals surface area contributed by atoms with Crippen LogP contribution in [-0.4, -0.2) is 98.5 Å². The van der Waals surface area contributed by atoms with Crippen molar-refractivity contribution in [3.05, 3.63) is 11.8 Å². The zero-order chi connectivity index (χ0) is 23.8. The third kappa shape index (κ3) is 4.95. The largest absolute Gasteiger partial charge is 0.462 e. The first-order chi connectivity index (χ1) is 15.0. The molecule has 0 aromatic heterocycles. The van der Waals surface area contributed by atoms with Gasteiger partial charge in [-0.1, -0.05) is 13.8 Å². The number of ether oxygens (including phenoxy) is 4. The zero-order valence-electron chi connectivity index (χ0n) is 18.4. The quantitative estimate of drug-likeness (QED) is 0.240. The van der Waals surface area contributed by atoms with E-state index in [0.717, 1.165) is 0 Å². The van der Waals surface area contributed by atoms with Crippen LogP contribution in [0.4, 0.5) is 0 Å². The van der Waals surface area contributed by atoms with Gasteiger partial charge in [0, 0.05) is 12.3 Å². The lowest BCUT2D eigenvalue weighted by Gasteiger charge is -2.41. The third-order valence-corrected chi connectivity index (χ3v) is 6.47. The van der Waals surface area contributed by atoms with Gasteiger partial charge >= 0.3 is 5.97 Å². The molecule has 0 spiro atoms. The van der Waals surface area contributed by atoms with Crippen LogP contribution >= 0.6 is 0 Å². The van der Waals surface area contributed by atoms with Gasteiger partial charge in [0.05, 0.1) is 37.1 Å². The lowest BCUT2D eigenvalue weighted by molar-refractivity contribution is -0.299. The zero-order valence-corrected chi connectivity index (χ0v) is 18.4. The molecule has 2 fully saturated rings. The van der Waals surface area contributed by atoms with E-state index in [0.29, 0.717) is 5.57 Å². The fourth-order valence-electron chi connectivity index (χ4n) is 4.57. The minimum atomic E-state index is -1.59. The number of hydrogen-bond acceptors (Lipinski definition) is 11. The van der Waals surface area contributed by atoms with Gasteiger partial charge in [0.25, 0.3) is 0 Å². The molecule has 11 nitrogen and oxygen atoms in total. The van der Waals surface area contributed by atoms with Crippen LogP contribution in [-0.2, 0) is 23.7 Å². The Hall–Kier alpha value is -1.31. The summed E-state index contributed by atoms with van der Waals surface area (Å²) < 4.78 is 22.0. The van der Waals surface area contributed by atoms with Crippen molar-refractivity contribution in [2.45, 2.75) is 82.3 Å². The standard InChI is InChI=1S/C21H34O11/c1-9(2)4-14(24)32-19-15-11(5-13(23)21(15,3)28)10(7-29-19)8-30-20-18(27)17(26)16(25)12(6-22)31-20/h7,9,11-13,15-20,22-23,25-28H,4-6,8H2,1-3H3/t11-,12-,13+,15-,16-,17+,18-,19+,20-,21-/m1/s1. The summed E-state index contributed by atoms with van der Waals surface area (Å²) in [5, 5.41) is 60.6. The van der Waals surface area contributed by atoms with E-state index in [1.807, 2.05) is 13.8 Å². The molecule has 2 aliphatic heterocycles. The Morgan fingerprint density at radius 1 is 1.19 bits per heavy atom. The first kappa shape index (κ1) is 25.3. The second-order valence-corrected chi connectivity index (χ2v) is 9.40. The molecule has 2 heterocycles. The van der Waals surface area contributed by atoms with Crippen molar-refractivity contribution in [3.8, 4) is 0 Å². The topological polar surface area (TPSA) is 175 Å². The van der Waals surface area contributed by atoms with Crippen molar-refractivity contribution in [1.82, 2.24) is 0 Å². The molecule has 10 atom stereocenters. The average molecular weight is 462 g/mol. The second-order valence-electron chi connectivity index (χ2n) is 9.40. The van der Waals surface area contributed by atoms with E-state index in [1.54, 1.807) is 0 Å². The van der Waals surface area contributed by atoms with Gasteiger partial charge in [0.15, 0.2) is 6.29 Å². The summed E-state index contributed by atoms with van der Waals surface area (Å²) in [6.45, 7) is 4.46. The molecule has 0 amide bonds. The molecule has 32 heavy (non-hydrogen) atoms. The van der Waals surface area contributed by atoms with E-state index in [9.17, 15) is 35.4 Å². The number of hydrogen-bond donors (Lipinski definition) is 6. The van der Waals surface area contributed by atoms with Gasteiger partial charge in [-0.2, -0.15) is 0 Å². The van der Waals surface area contributed by atoms with Crippen molar-refractivity contribution < 1.29 is 54.4 Å². The molecule has 184 valence electrons. The number of aliphatic hydroxyl groups is 6. The minimum Gasteiger partial charge on any atom is -0.462 e. The van der Waals surface area contributed by atoms with Crippen molar-refractivity contribution in [2.75, 3.05) is 13.2 Å². The van der Waals surface area contributed by atoms with Crippen LogP contribution in [0.1, 0.15) is 33.6 Å². The van der Waals surface area contributed by atoms with E-state index in [1.165, 1.54) is 13.2 Å². The maximum Gasteiger partial charge on any atom is 0.309 e. The highest BCUT2D eigenvalue weighted by Gasteiger charge is 2.58. The number of rotatable bonds is 7. The first-order valence-electron chi connectivity index (χ1n) is 10.8. The molecule has 0 aromatic rings. The van der Waals surface area contributed by atoms with Crippen LogP contribution in [0.25, 0.3) is 0 Å². The summed E-state index contributed by atoms with van der Waals surface area (Å²) in [5.41, 5.74) is -1.06. The molecule has 0 aromatic carbocycles. The summed E-state index contributed by atoms with van der Waals surface area (Å²) in [5.74, 6) is -1.60. The predicted molar refractivity (Wildman–Crippen MR) is 106 cm³/mol. The van der Waals surface area contributed by atoms with Crippen LogP contribution in [0, 0.1) is 17.8 Å². The Morgan fingerprint density at radius 3 is 2.50 bits per heavy atom. The summed E-state index contributed by atoms with van der Waals surface area (Å²) in [6, 6.07) is 0. The van der Waals surface area contributed by atoms with Crippen LogP contribution in [0.3, 0.4) is 0 Å². The van der Waals surface area contributed by atoms with Gasteiger partial charge in [-0.15, -0.1) is 0 Å². The molecule has 11 heteroatoms. The average Bonchev–Trinajstić information content (AvgIpc) is 2.96. The summed E-state index contributed by atoms with van der Waals surface area (Å²) >= 11 is 0. The van der Waals surface area contributed by atoms with Gasteiger partial charge in [-0.3, -0.25) is 4.79 Å². The minimum absolute atomic E-state index is 0.0783. The monoisotopic (exact) mass is 462 g/mol. The normalized spacial score (nSPS) is 44.1. The van der Waals surface area contributed by atoms with Gasteiger partial charge in [0.2, 0.25) is 6.29 Å². The maximum absolute atomic E-state index is 12.2. The Bertz CT molecular complexity index is 691. The van der Waals surface area contributed by atoms with Gasteiger partial charge in [-0.05, 0) is 24.8 Å². The SMILES string of the molecule is CC(C)CC(=O)O[C@@H]1OC=C(CO[C@@H]2O[C@H](CO)[C@@H](O)[C@H](O)[C@H]2O)[C@H]2C[C@H](O)[C@@](C)(O)[C@@H]12. The highest BCUT2D eigenvalue weighted by Crippen LogP contribution is 2.49. The maximum atomic E-state index is 12.2. The smallest absolute Gasteiger partial charge is 0.309 e. The van der Waals surface area contributed by atoms with Crippen LogP contribution in [0.5, 0.6) is 0 Å². The fourth-order valence-corrected chi connectivity index (χ4v) is 4.57. The van der Waals surface area contributed by atoms with Gasteiger partial charge in [-0.25, -0.2) is 0 Å². The molecule has 1 saturated heterocycles. The number of esters is 1. The predicted octanol–water partition coefficient (Wildman–Crippen LogP) is -1.62. The Kier molecular flexibility index (Phi) is 7.83. The summed E-state index contributed by atoms with van der Waals surface area (Å²) in [6.07, 6.45) is -7.58. The Morgan fingerprint density at radius 2 is 1.88 bits per heavy atom. The molecule has 3 rings (SSSR count). The number of aliphatic hydroxyl groups excluding tert-OH is 5. The van der Waals surface area contributed by atoms with Crippen molar-refractivity contribution in [3.63, 3.8) is 0 Å². The van der Waals surface area contributed by atoms with Crippen molar-refractivity contribution in [2.24, 2.45) is 17.8 Å². The molecule has 3 aliphatic rings. The molecular formula is C21H34O11. The van der Waals surface area contributed by atoms with Crippen molar-refractivity contribution in [1.29, 1.82) is 0 Å². The van der Waals surface area contributed by atoms with Gasteiger partial charge < -0.3 is 49.6 Å². The molecule has 6 N–H and O–H groups in total. The van der Waals surface area contributed by atoms with E-state index in [2.05, 4.69) is 0 Å². The van der Waals surface area contributed by atoms with Crippen LogP contribution in [0.2, 0.25) is 0 Å². The number of fused-ring (bicyclic) bond motifs is 1. The van der Waals surface area contributed by atoms with E-state index in [4.69, 9.17) is 18.9 Å². The van der Waals surface area contributed by atoms with Gasteiger partial charge in [0.1, 0.15) is 24.4 Å². The molecule has 0 bridgehead atoms. The highest BCUT2D eigenvalue weighted by molar-refractivity contribution is 5.69. The van der Waals surface area contributed by atoms with Crippen LogP contribution in [0.15, 0.2) is 11.8 Å². The van der Waals surface area contributed by atoms with E-state index in [-0.39, 0.29) is 25.4 Å². The highest BCUT2D eigenvalue weighted by atomic mass is 16.7. The fraction of sp³-hybridized carbons (Fsp3) is 0.857. The second kappa shape index (κ2) is 9.90. The molecule has 1 saturated carbocycles. The number of carbonyl (C=O) groups excluding carboxylic acids is 1. The van der Waals surface area contributed by atoms with E-state index >= 15 is 0 Å². The summed E-state index contributed by atoms with van der Waals surface area (Å²) in [7, 11) is 0. The molecular weight excluding hydrogens is 428 g/mol. The molecule has 1 aliphatic carbocycles. The Balaban J connectivity index is 1.72. The lowest BCUT2D eigenvalue weighted by atomic mass is 9.81. The first-order valence-corrected chi connectivity index (χ1v) is 10.8. The van der Waals surface area contributed by atoms with Crippen LogP contribution < -0.4 is 0 Å². The molecule has 0 unspecified atom stereocenters. The molecule has 0 radical (unpaired) electrons. The Labute approximate surface area is 186 Å². The van der Waals surface area contributed by atoms with E-state index < -0.39 is 73.1 Å². The third-order valence-electron chi connectivity index (χ3n) is 6.47.